The minimum absolute atomic E-state index is 0.0249. The van der Waals surface area contributed by atoms with Crippen LogP contribution in [0.4, 0.5) is 5.69 Å². The Morgan fingerprint density at radius 2 is 1.41 bits per heavy atom. The highest BCUT2D eigenvalue weighted by atomic mass is 32.2. The third kappa shape index (κ3) is 14.7. The molecule has 1 atom stereocenters. The first kappa shape index (κ1) is 30.5. The molecule has 1 N–H and O–H groups in total. The highest BCUT2D eigenvalue weighted by Crippen LogP contribution is 2.19. The molecule has 0 amide bonds. The minimum Gasteiger partial charge on any atom is -0.388 e. The third-order valence-corrected chi connectivity index (χ3v) is 6.96. The van der Waals surface area contributed by atoms with E-state index < -0.39 is 27.8 Å². The molecule has 0 unspecified atom stereocenters. The van der Waals surface area contributed by atoms with Crippen LogP contribution in [0.25, 0.3) is 0 Å². The maximum Gasteiger partial charge on any atom is 0.297 e. The molecule has 0 aliphatic rings. The van der Waals surface area contributed by atoms with Crippen LogP contribution in [0.3, 0.4) is 0 Å². The molecule has 0 bridgehead atoms. The van der Waals surface area contributed by atoms with E-state index in [0.29, 0.717) is 6.61 Å². The van der Waals surface area contributed by atoms with Gasteiger partial charge < -0.3 is 9.84 Å². The van der Waals surface area contributed by atoms with E-state index in [9.17, 15) is 23.6 Å². The zero-order valence-corrected chi connectivity index (χ0v) is 21.5. The van der Waals surface area contributed by atoms with Crippen molar-refractivity contribution < 1.29 is 27.4 Å². The van der Waals surface area contributed by atoms with E-state index in [-0.39, 0.29) is 17.2 Å². The van der Waals surface area contributed by atoms with Gasteiger partial charge in [0.05, 0.1) is 18.1 Å². The number of nitro groups is 1. The maximum atomic E-state index is 12.1. The van der Waals surface area contributed by atoms with Crippen molar-refractivity contribution in [3.8, 4) is 0 Å². The van der Waals surface area contributed by atoms with Crippen molar-refractivity contribution in [1.29, 1.82) is 0 Å². The molecule has 0 aromatic heterocycles. The number of nitrogens with zero attached hydrogens (tertiary/aromatic N) is 1. The quantitative estimate of drug-likeness (QED) is 0.0875. The standard InChI is InChI=1S/C25H43NO7S/c1-2-3-4-5-6-7-8-9-10-11-12-13-14-15-19-32-21-24(27)22-33-34(30,31)25-18-16-17-23(20-25)26(28)29/h16-18,20,24,27H,2-15,19,21-22H2,1H3/t24-/m1/s1. The summed E-state index contributed by atoms with van der Waals surface area (Å²) in [5, 5.41) is 20.7. The second-order valence-electron chi connectivity index (χ2n) is 8.82. The Morgan fingerprint density at radius 3 is 1.94 bits per heavy atom. The Morgan fingerprint density at radius 1 is 0.882 bits per heavy atom. The molecule has 9 heteroatoms. The summed E-state index contributed by atoms with van der Waals surface area (Å²) >= 11 is 0. The lowest BCUT2D eigenvalue weighted by Crippen LogP contribution is -2.24. The second kappa shape index (κ2) is 18.7. The number of aliphatic hydroxyl groups is 1. The van der Waals surface area contributed by atoms with E-state index in [4.69, 9.17) is 8.92 Å². The van der Waals surface area contributed by atoms with E-state index in [2.05, 4.69) is 6.92 Å². The lowest BCUT2D eigenvalue weighted by molar-refractivity contribution is -0.385. The molecule has 0 aliphatic heterocycles. The van der Waals surface area contributed by atoms with E-state index >= 15 is 0 Å². The molecular formula is C25H43NO7S. The van der Waals surface area contributed by atoms with E-state index in [1.54, 1.807) is 0 Å². The molecule has 0 saturated carbocycles. The maximum absolute atomic E-state index is 12.1. The summed E-state index contributed by atoms with van der Waals surface area (Å²) in [6.07, 6.45) is 16.8. The smallest absolute Gasteiger partial charge is 0.297 e. The van der Waals surface area contributed by atoms with Gasteiger partial charge in [-0.1, -0.05) is 96.5 Å². The molecule has 0 aliphatic carbocycles. The molecule has 0 fully saturated rings. The van der Waals surface area contributed by atoms with Gasteiger partial charge in [0.2, 0.25) is 0 Å². The third-order valence-electron chi connectivity index (χ3n) is 5.69. The van der Waals surface area contributed by atoms with E-state index in [0.717, 1.165) is 18.9 Å². The average molecular weight is 502 g/mol. The lowest BCUT2D eigenvalue weighted by Gasteiger charge is -2.12. The van der Waals surface area contributed by atoms with Crippen LogP contribution in [0.15, 0.2) is 29.2 Å². The molecule has 8 nitrogen and oxygen atoms in total. The van der Waals surface area contributed by atoms with Crippen molar-refractivity contribution in [2.45, 2.75) is 108 Å². The summed E-state index contributed by atoms with van der Waals surface area (Å²) in [5.74, 6) is 0. The van der Waals surface area contributed by atoms with Crippen molar-refractivity contribution in [3.05, 3.63) is 34.4 Å². The number of nitro benzene ring substituents is 1. The summed E-state index contributed by atoms with van der Waals surface area (Å²) in [6.45, 7) is 2.26. The molecule has 34 heavy (non-hydrogen) atoms. The SMILES string of the molecule is CCCCCCCCCCCCCCCCOC[C@@H](O)COS(=O)(=O)c1cccc([N+](=O)[O-])c1. The van der Waals surface area contributed by atoms with Crippen LogP contribution >= 0.6 is 0 Å². The number of hydrogen-bond donors (Lipinski definition) is 1. The number of ether oxygens (including phenoxy) is 1. The van der Waals surface area contributed by atoms with Crippen molar-refractivity contribution >= 4 is 15.8 Å². The van der Waals surface area contributed by atoms with Crippen LogP contribution in [-0.2, 0) is 19.0 Å². The number of benzene rings is 1. The fourth-order valence-electron chi connectivity index (χ4n) is 3.65. The van der Waals surface area contributed by atoms with Gasteiger partial charge in [-0.2, -0.15) is 8.42 Å². The van der Waals surface area contributed by atoms with Gasteiger partial charge in [0.1, 0.15) is 11.0 Å². The molecule has 0 spiro atoms. The van der Waals surface area contributed by atoms with Crippen LogP contribution in [0.1, 0.15) is 96.8 Å². The van der Waals surface area contributed by atoms with Gasteiger partial charge in [0, 0.05) is 18.7 Å². The number of non-ortho nitro benzene ring substituents is 1. The minimum atomic E-state index is -4.19. The molecular weight excluding hydrogens is 458 g/mol. The summed E-state index contributed by atoms with van der Waals surface area (Å²) in [6, 6.07) is 4.60. The van der Waals surface area contributed by atoms with E-state index in [1.807, 2.05) is 0 Å². The highest BCUT2D eigenvalue weighted by molar-refractivity contribution is 7.86. The average Bonchev–Trinajstić information content (AvgIpc) is 2.82. The Bertz CT molecular complexity index is 770. The predicted octanol–water partition coefficient (Wildman–Crippen LogP) is 6.16. The normalized spacial score (nSPS) is 12.6. The molecule has 0 radical (unpaired) electrons. The largest absolute Gasteiger partial charge is 0.388 e. The van der Waals surface area contributed by atoms with Crippen LogP contribution in [-0.4, -0.2) is 44.4 Å². The van der Waals surface area contributed by atoms with Crippen molar-refractivity contribution in [2.24, 2.45) is 0 Å². The second-order valence-corrected chi connectivity index (χ2v) is 10.4. The Labute approximate surface area is 205 Å². The van der Waals surface area contributed by atoms with Gasteiger partial charge in [0.25, 0.3) is 15.8 Å². The van der Waals surface area contributed by atoms with Crippen molar-refractivity contribution in [1.82, 2.24) is 0 Å². The van der Waals surface area contributed by atoms with Crippen LogP contribution in [0.5, 0.6) is 0 Å². The molecule has 0 heterocycles. The zero-order chi connectivity index (χ0) is 25.1. The Balaban J connectivity index is 1.98. The van der Waals surface area contributed by atoms with Crippen molar-refractivity contribution in [3.63, 3.8) is 0 Å². The molecule has 1 aromatic rings. The number of rotatable bonds is 22. The lowest BCUT2D eigenvalue weighted by atomic mass is 10.0. The summed E-state index contributed by atoms with van der Waals surface area (Å²) in [4.78, 5) is 9.78. The van der Waals surface area contributed by atoms with E-state index in [1.165, 1.54) is 95.2 Å². The van der Waals surface area contributed by atoms with Gasteiger partial charge in [-0.05, 0) is 12.5 Å². The highest BCUT2D eigenvalue weighted by Gasteiger charge is 2.20. The van der Waals surface area contributed by atoms with Crippen LogP contribution < -0.4 is 0 Å². The van der Waals surface area contributed by atoms with Gasteiger partial charge in [-0.25, -0.2) is 0 Å². The van der Waals surface area contributed by atoms with Gasteiger partial charge >= 0.3 is 0 Å². The monoisotopic (exact) mass is 501 g/mol. The topological polar surface area (TPSA) is 116 Å². The molecule has 196 valence electrons. The molecule has 0 saturated heterocycles. The van der Waals surface area contributed by atoms with Gasteiger partial charge in [-0.3, -0.25) is 14.3 Å². The zero-order valence-electron chi connectivity index (χ0n) is 20.7. The van der Waals surface area contributed by atoms with Crippen molar-refractivity contribution in [2.75, 3.05) is 19.8 Å². The number of hydrogen-bond acceptors (Lipinski definition) is 7. The number of aliphatic hydroxyl groups excluding tert-OH is 1. The van der Waals surface area contributed by atoms with Crippen LogP contribution in [0, 0.1) is 10.1 Å². The summed E-state index contributed by atoms with van der Waals surface area (Å²) < 4.78 is 34.5. The first-order valence-corrected chi connectivity index (χ1v) is 14.2. The number of unbranched alkanes of at least 4 members (excludes halogenated alkanes) is 13. The Kier molecular flexibility index (Phi) is 16.8. The van der Waals surface area contributed by atoms with Crippen LogP contribution in [0.2, 0.25) is 0 Å². The first-order chi connectivity index (χ1) is 16.4. The Hall–Kier alpha value is -1.55. The van der Waals surface area contributed by atoms with Gasteiger partial charge in [0.15, 0.2) is 0 Å². The molecule has 1 aromatic carbocycles. The fourth-order valence-corrected chi connectivity index (χ4v) is 4.64. The molecule has 1 rings (SSSR count). The summed E-state index contributed by atoms with van der Waals surface area (Å²) in [7, 11) is -4.19. The predicted molar refractivity (Wildman–Crippen MR) is 133 cm³/mol. The first-order valence-electron chi connectivity index (χ1n) is 12.8. The van der Waals surface area contributed by atoms with Gasteiger partial charge in [-0.15, -0.1) is 0 Å². The summed E-state index contributed by atoms with van der Waals surface area (Å²) in [5.41, 5.74) is -0.346. The fraction of sp³-hybridized carbons (Fsp3) is 0.760.